The summed E-state index contributed by atoms with van der Waals surface area (Å²) in [5.74, 6) is -1.87. The number of nitrogens with one attached hydrogen (secondary N) is 2. The molecule has 192 valence electrons. The van der Waals surface area contributed by atoms with E-state index < -0.39 is 47.9 Å². The van der Waals surface area contributed by atoms with Crippen LogP contribution in [0.4, 0.5) is 4.79 Å². The summed E-state index contributed by atoms with van der Waals surface area (Å²) < 4.78 is 5.24. The van der Waals surface area contributed by atoms with Crippen LogP contribution in [0.25, 0.3) is 6.08 Å². The van der Waals surface area contributed by atoms with Gasteiger partial charge in [0.2, 0.25) is 17.7 Å². The summed E-state index contributed by atoms with van der Waals surface area (Å²) in [4.78, 5) is 52.4. The number of hydrogen-bond acceptors (Lipinski definition) is 5. The van der Waals surface area contributed by atoms with Crippen molar-refractivity contribution in [3.8, 4) is 0 Å². The number of hydrogen-bond donors (Lipinski definition) is 3. The third kappa shape index (κ3) is 10.0. The molecular weight excluding hydrogens is 448 g/mol. The Bertz CT molecular complexity index is 923. The first kappa shape index (κ1) is 29.4. The molecule has 0 aliphatic rings. The van der Waals surface area contributed by atoms with Crippen LogP contribution in [0, 0.1) is 0 Å². The van der Waals surface area contributed by atoms with Gasteiger partial charge in [0.25, 0.3) is 0 Å². The van der Waals surface area contributed by atoms with Gasteiger partial charge < -0.3 is 26.0 Å². The van der Waals surface area contributed by atoms with Crippen molar-refractivity contribution in [1.29, 1.82) is 0 Å². The lowest BCUT2D eigenvalue weighted by molar-refractivity contribution is -0.142. The van der Waals surface area contributed by atoms with Crippen molar-refractivity contribution in [2.24, 2.45) is 5.73 Å². The normalized spacial score (nSPS) is 12.6. The lowest BCUT2D eigenvalue weighted by Gasteiger charge is -2.33. The number of alkyl carbamates (subject to hydrolysis) is 1. The molecule has 9 nitrogen and oxygen atoms in total. The maximum absolute atomic E-state index is 13.7. The highest BCUT2D eigenvalue weighted by atomic mass is 16.6. The van der Waals surface area contributed by atoms with Crippen LogP contribution in [-0.4, -0.2) is 53.4 Å². The van der Waals surface area contributed by atoms with Crippen molar-refractivity contribution in [3.05, 3.63) is 54.6 Å². The number of benzene rings is 1. The SMILES string of the molecule is C=CCN(C(=O)C(CC(N)=O)NC(=O)OC(C)(C)C)C(C(=O)NCCCC)c1cccc(C=C)c1. The molecule has 1 aromatic carbocycles. The maximum atomic E-state index is 13.7. The van der Waals surface area contributed by atoms with Gasteiger partial charge in [-0.3, -0.25) is 14.4 Å². The highest BCUT2D eigenvalue weighted by molar-refractivity contribution is 5.94. The smallest absolute Gasteiger partial charge is 0.408 e. The van der Waals surface area contributed by atoms with Crippen LogP contribution >= 0.6 is 0 Å². The van der Waals surface area contributed by atoms with Gasteiger partial charge in [-0.2, -0.15) is 0 Å². The average Bonchev–Trinajstić information content (AvgIpc) is 2.76. The number of carbonyl (C=O) groups excluding carboxylic acids is 4. The Hall–Kier alpha value is -3.62. The lowest BCUT2D eigenvalue weighted by atomic mass is 9.99. The van der Waals surface area contributed by atoms with E-state index in [1.54, 1.807) is 45.0 Å². The van der Waals surface area contributed by atoms with Gasteiger partial charge >= 0.3 is 6.09 Å². The minimum Gasteiger partial charge on any atom is -0.444 e. The average molecular weight is 487 g/mol. The zero-order chi connectivity index (χ0) is 26.6. The number of nitrogens with two attached hydrogens (primary N) is 1. The van der Waals surface area contributed by atoms with Gasteiger partial charge in [0, 0.05) is 13.1 Å². The van der Waals surface area contributed by atoms with Crippen LogP contribution in [0.3, 0.4) is 0 Å². The summed E-state index contributed by atoms with van der Waals surface area (Å²) in [6.07, 6.45) is 3.40. The summed E-state index contributed by atoms with van der Waals surface area (Å²) in [6, 6.07) is 4.68. The van der Waals surface area contributed by atoms with Crippen LogP contribution in [-0.2, 0) is 19.1 Å². The van der Waals surface area contributed by atoms with E-state index in [4.69, 9.17) is 10.5 Å². The molecule has 4 amide bonds. The first-order chi connectivity index (χ1) is 16.4. The van der Waals surface area contributed by atoms with Crippen LogP contribution in [0.15, 0.2) is 43.5 Å². The summed E-state index contributed by atoms with van der Waals surface area (Å²) >= 11 is 0. The molecule has 0 aliphatic heterocycles. The molecular formula is C26H38N4O5. The van der Waals surface area contributed by atoms with E-state index in [0.717, 1.165) is 18.4 Å². The first-order valence-corrected chi connectivity index (χ1v) is 11.6. The second kappa shape index (κ2) is 13.9. The Balaban J connectivity index is 3.44. The molecule has 1 aromatic rings. The third-order valence-electron chi connectivity index (χ3n) is 4.85. The predicted octanol–water partition coefficient (Wildman–Crippen LogP) is 3.07. The second-order valence-electron chi connectivity index (χ2n) is 9.07. The van der Waals surface area contributed by atoms with Gasteiger partial charge in [-0.25, -0.2) is 4.79 Å². The Morgan fingerprint density at radius 2 is 1.89 bits per heavy atom. The molecule has 0 aromatic heterocycles. The van der Waals surface area contributed by atoms with Crippen LogP contribution in [0.5, 0.6) is 0 Å². The molecule has 0 saturated carbocycles. The molecule has 0 aliphatic carbocycles. The molecule has 0 heterocycles. The molecule has 2 atom stereocenters. The minimum atomic E-state index is -1.34. The lowest BCUT2D eigenvalue weighted by Crippen LogP contribution is -2.54. The van der Waals surface area contributed by atoms with Crippen molar-refractivity contribution in [2.75, 3.05) is 13.1 Å². The number of rotatable bonds is 13. The standard InChI is InChI=1S/C26H38N4O5/c1-7-10-14-28-23(32)22(19-13-11-12-18(9-3)16-19)30(15-8-2)24(33)20(17-21(27)31)29-25(34)35-26(4,5)6/h8-9,11-13,16,20,22H,2-3,7,10,14-15,17H2,1,4-6H3,(H2,27,31)(H,28,32)(H,29,34). The second-order valence-corrected chi connectivity index (χ2v) is 9.07. The van der Waals surface area contributed by atoms with Crippen molar-refractivity contribution >= 4 is 29.9 Å². The van der Waals surface area contributed by atoms with Crippen LogP contribution in [0.2, 0.25) is 0 Å². The predicted molar refractivity (Wildman–Crippen MR) is 136 cm³/mol. The van der Waals surface area contributed by atoms with Gasteiger partial charge in [0.15, 0.2) is 0 Å². The minimum absolute atomic E-state index is 0.0196. The van der Waals surface area contributed by atoms with Crippen molar-refractivity contribution in [1.82, 2.24) is 15.5 Å². The van der Waals surface area contributed by atoms with Gasteiger partial charge in [0.05, 0.1) is 6.42 Å². The summed E-state index contributed by atoms with van der Waals surface area (Å²) in [5, 5.41) is 5.30. The van der Waals surface area contributed by atoms with Crippen molar-refractivity contribution in [2.45, 2.75) is 64.6 Å². The number of primary amides is 1. The Labute approximate surface area is 207 Å². The maximum Gasteiger partial charge on any atom is 0.408 e. The first-order valence-electron chi connectivity index (χ1n) is 11.6. The monoisotopic (exact) mass is 486 g/mol. The van der Waals surface area contributed by atoms with Crippen molar-refractivity contribution < 1.29 is 23.9 Å². The molecule has 35 heavy (non-hydrogen) atoms. The summed E-state index contributed by atoms with van der Waals surface area (Å²) in [5.41, 5.74) is 5.85. The Morgan fingerprint density at radius 3 is 2.43 bits per heavy atom. The van der Waals surface area contributed by atoms with E-state index in [1.165, 1.54) is 11.0 Å². The van der Waals surface area contributed by atoms with Gasteiger partial charge in [-0.1, -0.05) is 50.3 Å². The summed E-state index contributed by atoms with van der Waals surface area (Å²) in [6.45, 7) is 14.9. The molecule has 1 rings (SSSR count). The molecule has 0 fully saturated rings. The Kier molecular flexibility index (Phi) is 11.7. The molecule has 4 N–H and O–H groups in total. The molecule has 2 unspecified atom stereocenters. The van der Waals surface area contributed by atoms with Crippen molar-refractivity contribution in [3.63, 3.8) is 0 Å². The number of carbonyl (C=O) groups is 4. The fraction of sp³-hybridized carbons (Fsp3) is 0.462. The van der Waals surface area contributed by atoms with Crippen LogP contribution < -0.4 is 16.4 Å². The molecule has 0 saturated heterocycles. The number of amides is 4. The van der Waals surface area contributed by atoms with Gasteiger partial charge in [0.1, 0.15) is 17.7 Å². The quantitative estimate of drug-likeness (QED) is 0.291. The van der Waals surface area contributed by atoms with E-state index in [1.807, 2.05) is 13.0 Å². The number of nitrogens with zero attached hydrogens (tertiary/aromatic N) is 1. The topological polar surface area (TPSA) is 131 Å². The molecule has 0 bridgehead atoms. The van der Waals surface area contributed by atoms with Crippen LogP contribution in [0.1, 0.15) is 64.1 Å². The Morgan fingerprint density at radius 1 is 1.20 bits per heavy atom. The number of ether oxygens (including phenoxy) is 1. The zero-order valence-corrected chi connectivity index (χ0v) is 21.1. The van der Waals surface area contributed by atoms with E-state index in [2.05, 4.69) is 23.8 Å². The van der Waals surface area contributed by atoms with Gasteiger partial charge in [-0.05, 0) is 44.4 Å². The zero-order valence-electron chi connectivity index (χ0n) is 21.1. The van der Waals surface area contributed by atoms with E-state index in [9.17, 15) is 19.2 Å². The molecule has 9 heteroatoms. The number of unbranched alkanes of at least 4 members (excludes halogenated alkanes) is 1. The van der Waals surface area contributed by atoms with E-state index in [0.29, 0.717) is 12.1 Å². The molecule has 0 radical (unpaired) electrons. The fourth-order valence-corrected chi connectivity index (χ4v) is 3.33. The summed E-state index contributed by atoms with van der Waals surface area (Å²) in [7, 11) is 0. The highest BCUT2D eigenvalue weighted by Crippen LogP contribution is 2.24. The van der Waals surface area contributed by atoms with E-state index in [-0.39, 0.29) is 6.54 Å². The van der Waals surface area contributed by atoms with E-state index >= 15 is 0 Å². The third-order valence-corrected chi connectivity index (χ3v) is 4.85. The fourth-order valence-electron chi connectivity index (χ4n) is 3.33. The molecule has 0 spiro atoms. The largest absolute Gasteiger partial charge is 0.444 e. The highest BCUT2D eigenvalue weighted by Gasteiger charge is 2.36. The van der Waals surface area contributed by atoms with Gasteiger partial charge in [-0.15, -0.1) is 6.58 Å².